The van der Waals surface area contributed by atoms with Crippen molar-refractivity contribution < 1.29 is 4.79 Å². The SMILES string of the molecule is O=C(NNC(=S)N[C@@H]1C[C@@H]2CC[C@@H]1C2)c1ccc(Cl)cc1. The monoisotopic (exact) mass is 323 g/mol. The van der Waals surface area contributed by atoms with Crippen molar-refractivity contribution in [3.05, 3.63) is 34.9 Å². The molecular weight excluding hydrogens is 306 g/mol. The summed E-state index contributed by atoms with van der Waals surface area (Å²) in [6.07, 6.45) is 5.16. The third-order valence-electron chi connectivity index (χ3n) is 4.45. The summed E-state index contributed by atoms with van der Waals surface area (Å²) >= 11 is 11.0. The number of hydrazine groups is 1. The number of carbonyl (C=O) groups excluding carboxylic acids is 1. The Labute approximate surface area is 134 Å². The van der Waals surface area contributed by atoms with Crippen LogP contribution in [0.4, 0.5) is 0 Å². The molecule has 2 aliphatic rings. The van der Waals surface area contributed by atoms with Gasteiger partial charge in [-0.3, -0.25) is 15.6 Å². The summed E-state index contributed by atoms with van der Waals surface area (Å²) in [4.78, 5) is 11.9. The van der Waals surface area contributed by atoms with Crippen LogP contribution in [0.1, 0.15) is 36.0 Å². The molecule has 1 aromatic rings. The predicted octanol–water partition coefficient (Wildman–Crippen LogP) is 2.64. The molecule has 3 rings (SSSR count). The van der Waals surface area contributed by atoms with Crippen molar-refractivity contribution in [3.63, 3.8) is 0 Å². The molecule has 112 valence electrons. The molecule has 3 atom stereocenters. The van der Waals surface area contributed by atoms with Crippen molar-refractivity contribution >= 4 is 34.8 Å². The lowest BCUT2D eigenvalue weighted by Crippen LogP contribution is -2.50. The largest absolute Gasteiger partial charge is 0.358 e. The van der Waals surface area contributed by atoms with E-state index in [2.05, 4.69) is 16.2 Å². The number of benzene rings is 1. The molecule has 1 amide bonds. The lowest BCUT2D eigenvalue weighted by Gasteiger charge is -2.24. The Morgan fingerprint density at radius 3 is 2.52 bits per heavy atom. The molecule has 0 aliphatic heterocycles. The summed E-state index contributed by atoms with van der Waals surface area (Å²) in [7, 11) is 0. The molecule has 2 aliphatic carbocycles. The second-order valence-corrected chi connectivity index (χ2v) is 6.69. The van der Waals surface area contributed by atoms with Gasteiger partial charge in [-0.05, 0) is 67.6 Å². The average molecular weight is 324 g/mol. The minimum atomic E-state index is -0.233. The highest BCUT2D eigenvalue weighted by Gasteiger charge is 2.39. The van der Waals surface area contributed by atoms with Gasteiger partial charge in [0.2, 0.25) is 0 Å². The van der Waals surface area contributed by atoms with E-state index in [1.807, 2.05) is 0 Å². The zero-order valence-corrected chi connectivity index (χ0v) is 13.1. The molecule has 0 saturated heterocycles. The van der Waals surface area contributed by atoms with E-state index in [-0.39, 0.29) is 5.91 Å². The van der Waals surface area contributed by atoms with Gasteiger partial charge in [0.25, 0.3) is 5.91 Å². The van der Waals surface area contributed by atoms with Crippen LogP contribution < -0.4 is 16.2 Å². The molecule has 2 saturated carbocycles. The standard InChI is InChI=1S/C15H18ClN3OS/c16-12-5-3-10(4-6-12)14(20)18-19-15(21)17-13-8-9-1-2-11(13)7-9/h3-6,9,11,13H,1-2,7-8H2,(H,18,20)(H2,17,19,21)/t9-,11-,13-/m1/s1. The number of halogens is 1. The second-order valence-electron chi connectivity index (χ2n) is 5.84. The first-order chi connectivity index (χ1) is 10.1. The van der Waals surface area contributed by atoms with E-state index in [1.54, 1.807) is 24.3 Å². The molecule has 21 heavy (non-hydrogen) atoms. The molecule has 4 nitrogen and oxygen atoms in total. The maximum atomic E-state index is 11.9. The number of hydrogen-bond acceptors (Lipinski definition) is 2. The van der Waals surface area contributed by atoms with Crippen LogP contribution in [0.2, 0.25) is 5.02 Å². The number of amides is 1. The number of thiocarbonyl (C=S) groups is 1. The van der Waals surface area contributed by atoms with E-state index in [0.29, 0.717) is 21.7 Å². The number of hydrogen-bond donors (Lipinski definition) is 3. The molecule has 0 unspecified atom stereocenters. The second kappa shape index (κ2) is 6.20. The first-order valence-electron chi connectivity index (χ1n) is 7.24. The Kier molecular flexibility index (Phi) is 4.31. The highest BCUT2D eigenvalue weighted by atomic mass is 35.5. The molecule has 0 aromatic heterocycles. The molecule has 1 aromatic carbocycles. The first-order valence-corrected chi connectivity index (χ1v) is 8.03. The zero-order valence-electron chi connectivity index (χ0n) is 11.6. The van der Waals surface area contributed by atoms with Gasteiger partial charge < -0.3 is 5.32 Å². The average Bonchev–Trinajstić information content (AvgIpc) is 3.08. The van der Waals surface area contributed by atoms with Gasteiger partial charge in [-0.1, -0.05) is 18.0 Å². The van der Waals surface area contributed by atoms with E-state index < -0.39 is 0 Å². The van der Waals surface area contributed by atoms with Crippen molar-refractivity contribution in [1.82, 2.24) is 16.2 Å². The minimum absolute atomic E-state index is 0.233. The summed E-state index contributed by atoms with van der Waals surface area (Å²) in [5.74, 6) is 1.37. The number of rotatable bonds is 2. The van der Waals surface area contributed by atoms with Crippen molar-refractivity contribution in [1.29, 1.82) is 0 Å². The van der Waals surface area contributed by atoms with Gasteiger partial charge in [0.15, 0.2) is 5.11 Å². The van der Waals surface area contributed by atoms with Crippen LogP contribution in [0.3, 0.4) is 0 Å². The number of carbonyl (C=O) groups is 1. The van der Waals surface area contributed by atoms with Gasteiger partial charge in [-0.15, -0.1) is 0 Å². The Hall–Kier alpha value is -1.33. The first kappa shape index (κ1) is 14.6. The lowest BCUT2D eigenvalue weighted by atomic mass is 9.96. The van der Waals surface area contributed by atoms with Crippen LogP contribution >= 0.6 is 23.8 Å². The molecule has 6 heteroatoms. The minimum Gasteiger partial charge on any atom is -0.358 e. The fourth-order valence-corrected chi connectivity index (χ4v) is 3.74. The Bertz CT molecular complexity index is 548. The summed E-state index contributed by atoms with van der Waals surface area (Å²) < 4.78 is 0. The third-order valence-corrected chi connectivity index (χ3v) is 4.92. The Morgan fingerprint density at radius 1 is 1.14 bits per heavy atom. The van der Waals surface area contributed by atoms with Crippen LogP contribution in [0.25, 0.3) is 0 Å². The fourth-order valence-electron chi connectivity index (χ4n) is 3.41. The predicted molar refractivity (Wildman–Crippen MR) is 87.0 cm³/mol. The third kappa shape index (κ3) is 3.47. The van der Waals surface area contributed by atoms with Crippen LogP contribution in [0, 0.1) is 11.8 Å². The topological polar surface area (TPSA) is 53.2 Å². The van der Waals surface area contributed by atoms with Gasteiger partial charge in [-0.25, -0.2) is 0 Å². The molecule has 0 spiro atoms. The zero-order chi connectivity index (χ0) is 14.8. The molecule has 0 radical (unpaired) electrons. The maximum absolute atomic E-state index is 11.9. The van der Waals surface area contributed by atoms with Gasteiger partial charge in [0.05, 0.1) is 0 Å². The van der Waals surface area contributed by atoms with Gasteiger partial charge >= 0.3 is 0 Å². The van der Waals surface area contributed by atoms with E-state index in [9.17, 15) is 4.79 Å². The van der Waals surface area contributed by atoms with Crippen molar-refractivity contribution in [2.75, 3.05) is 0 Å². The van der Waals surface area contributed by atoms with E-state index in [1.165, 1.54) is 25.7 Å². The maximum Gasteiger partial charge on any atom is 0.269 e. The smallest absolute Gasteiger partial charge is 0.269 e. The molecule has 2 fully saturated rings. The quantitative estimate of drug-likeness (QED) is 0.578. The Balaban J connectivity index is 1.45. The highest BCUT2D eigenvalue weighted by molar-refractivity contribution is 7.80. The van der Waals surface area contributed by atoms with E-state index in [0.717, 1.165) is 11.8 Å². The van der Waals surface area contributed by atoms with Crippen LogP contribution in [-0.4, -0.2) is 17.1 Å². The number of fused-ring (bicyclic) bond motifs is 2. The van der Waals surface area contributed by atoms with Crippen LogP contribution in [0.15, 0.2) is 24.3 Å². The normalized spacial score (nSPS) is 26.4. The van der Waals surface area contributed by atoms with Crippen molar-refractivity contribution in [3.8, 4) is 0 Å². The summed E-state index contributed by atoms with van der Waals surface area (Å²) in [6.45, 7) is 0. The lowest BCUT2D eigenvalue weighted by molar-refractivity contribution is 0.0943. The van der Waals surface area contributed by atoms with Gasteiger partial charge in [0.1, 0.15) is 0 Å². The van der Waals surface area contributed by atoms with Gasteiger partial charge in [0, 0.05) is 16.6 Å². The van der Waals surface area contributed by atoms with E-state index in [4.69, 9.17) is 23.8 Å². The Morgan fingerprint density at radius 2 is 1.90 bits per heavy atom. The number of nitrogens with one attached hydrogen (secondary N) is 3. The summed E-state index contributed by atoms with van der Waals surface area (Å²) in [6, 6.07) is 7.17. The van der Waals surface area contributed by atoms with Crippen LogP contribution in [-0.2, 0) is 0 Å². The summed E-state index contributed by atoms with van der Waals surface area (Å²) in [5, 5.41) is 4.40. The van der Waals surface area contributed by atoms with Crippen molar-refractivity contribution in [2.45, 2.75) is 31.7 Å². The molecule has 2 bridgehead atoms. The van der Waals surface area contributed by atoms with Crippen molar-refractivity contribution in [2.24, 2.45) is 11.8 Å². The van der Waals surface area contributed by atoms with Crippen LogP contribution in [0.5, 0.6) is 0 Å². The molecule has 0 heterocycles. The van der Waals surface area contributed by atoms with Gasteiger partial charge in [-0.2, -0.15) is 0 Å². The fraction of sp³-hybridized carbons (Fsp3) is 0.467. The molecular formula is C15H18ClN3OS. The highest BCUT2D eigenvalue weighted by Crippen LogP contribution is 2.44. The van der Waals surface area contributed by atoms with E-state index >= 15 is 0 Å². The summed E-state index contributed by atoms with van der Waals surface area (Å²) in [5.41, 5.74) is 5.91. The molecule has 3 N–H and O–H groups in total.